The van der Waals surface area contributed by atoms with Crippen molar-refractivity contribution < 1.29 is 4.74 Å². The molecule has 0 bridgehead atoms. The lowest BCUT2D eigenvalue weighted by molar-refractivity contribution is 0.0377. The second-order valence-corrected chi connectivity index (χ2v) is 6.46. The molecular formula is C18H39IN4O. The van der Waals surface area contributed by atoms with Gasteiger partial charge < -0.3 is 15.4 Å². The molecule has 1 unspecified atom stereocenters. The van der Waals surface area contributed by atoms with Crippen LogP contribution in [0.4, 0.5) is 0 Å². The van der Waals surface area contributed by atoms with Crippen molar-refractivity contribution in [2.75, 3.05) is 45.9 Å². The maximum Gasteiger partial charge on any atom is 0.191 e. The number of guanidine groups is 1. The Hall–Kier alpha value is -0.0800. The Morgan fingerprint density at radius 3 is 2.54 bits per heavy atom. The lowest BCUT2D eigenvalue weighted by Crippen LogP contribution is -2.42. The van der Waals surface area contributed by atoms with Gasteiger partial charge in [0.1, 0.15) is 0 Å². The van der Waals surface area contributed by atoms with E-state index in [4.69, 9.17) is 9.73 Å². The van der Waals surface area contributed by atoms with Crippen molar-refractivity contribution in [2.45, 2.75) is 65.3 Å². The van der Waals surface area contributed by atoms with Gasteiger partial charge in [-0.3, -0.25) is 9.89 Å². The van der Waals surface area contributed by atoms with Crippen molar-refractivity contribution in [1.82, 2.24) is 15.5 Å². The first-order valence-electron chi connectivity index (χ1n) is 9.61. The minimum absolute atomic E-state index is 0. The van der Waals surface area contributed by atoms with Crippen LogP contribution in [0.25, 0.3) is 0 Å². The highest BCUT2D eigenvalue weighted by atomic mass is 127. The van der Waals surface area contributed by atoms with Crippen LogP contribution >= 0.6 is 24.0 Å². The molecule has 0 amide bonds. The number of nitrogens with zero attached hydrogens (tertiary/aromatic N) is 2. The number of halogens is 1. The van der Waals surface area contributed by atoms with Crippen molar-refractivity contribution in [3.63, 3.8) is 0 Å². The second kappa shape index (κ2) is 16.4. The third kappa shape index (κ3) is 12.3. The predicted molar refractivity (Wildman–Crippen MR) is 115 cm³/mol. The molecule has 2 N–H and O–H groups in total. The SMILES string of the molecule is CCCCCCC(C)NC(=NCCCN1CCOCC1)NCC.I. The summed E-state index contributed by atoms with van der Waals surface area (Å²) in [7, 11) is 0. The molecular weight excluding hydrogens is 415 g/mol. The number of hydrogen-bond donors (Lipinski definition) is 2. The Morgan fingerprint density at radius 1 is 1.12 bits per heavy atom. The summed E-state index contributed by atoms with van der Waals surface area (Å²) in [5.41, 5.74) is 0. The fourth-order valence-electron chi connectivity index (χ4n) is 2.81. The van der Waals surface area contributed by atoms with E-state index in [9.17, 15) is 0 Å². The van der Waals surface area contributed by atoms with Gasteiger partial charge in [0.2, 0.25) is 0 Å². The highest BCUT2D eigenvalue weighted by Gasteiger charge is 2.09. The Bertz CT molecular complexity index is 309. The first-order chi connectivity index (χ1) is 11.3. The smallest absolute Gasteiger partial charge is 0.191 e. The van der Waals surface area contributed by atoms with Crippen LogP contribution in [0.15, 0.2) is 4.99 Å². The number of unbranched alkanes of at least 4 members (excludes halogenated alkanes) is 3. The molecule has 1 aliphatic heterocycles. The zero-order valence-electron chi connectivity index (χ0n) is 16.0. The molecule has 0 saturated carbocycles. The quantitative estimate of drug-likeness (QED) is 0.218. The van der Waals surface area contributed by atoms with Gasteiger partial charge in [-0.1, -0.05) is 32.6 Å². The van der Waals surface area contributed by atoms with Gasteiger partial charge in [0, 0.05) is 38.8 Å². The maximum atomic E-state index is 5.38. The third-order valence-electron chi connectivity index (χ3n) is 4.22. The third-order valence-corrected chi connectivity index (χ3v) is 4.22. The summed E-state index contributed by atoms with van der Waals surface area (Å²) in [4.78, 5) is 7.19. The summed E-state index contributed by atoms with van der Waals surface area (Å²) in [5.74, 6) is 0.970. The average molecular weight is 454 g/mol. The van der Waals surface area contributed by atoms with E-state index < -0.39 is 0 Å². The summed E-state index contributed by atoms with van der Waals surface area (Å²) in [5, 5.41) is 6.90. The zero-order chi connectivity index (χ0) is 16.8. The standard InChI is InChI=1S/C18H38N4O.HI/c1-4-6-7-8-10-17(3)21-18(19-5-2)20-11-9-12-22-13-15-23-16-14-22;/h17H,4-16H2,1-3H3,(H2,19,20,21);1H. The monoisotopic (exact) mass is 454 g/mol. The van der Waals surface area contributed by atoms with Crippen LogP contribution in [0.1, 0.15) is 59.3 Å². The first-order valence-corrected chi connectivity index (χ1v) is 9.61. The summed E-state index contributed by atoms with van der Waals surface area (Å²) >= 11 is 0. The molecule has 0 aromatic heterocycles. The Morgan fingerprint density at radius 2 is 1.88 bits per heavy atom. The van der Waals surface area contributed by atoms with Gasteiger partial charge in [-0.05, 0) is 26.7 Å². The summed E-state index contributed by atoms with van der Waals surface area (Å²) in [6.07, 6.45) is 7.63. The average Bonchev–Trinajstić information content (AvgIpc) is 2.57. The largest absolute Gasteiger partial charge is 0.379 e. The Labute approximate surface area is 166 Å². The van der Waals surface area contributed by atoms with Crippen molar-refractivity contribution in [2.24, 2.45) is 4.99 Å². The van der Waals surface area contributed by atoms with E-state index in [1.807, 2.05) is 0 Å². The summed E-state index contributed by atoms with van der Waals surface area (Å²) in [6.45, 7) is 13.4. The molecule has 6 heteroatoms. The van der Waals surface area contributed by atoms with Crippen LogP contribution in [0.2, 0.25) is 0 Å². The summed E-state index contributed by atoms with van der Waals surface area (Å²) in [6, 6.07) is 0.490. The van der Waals surface area contributed by atoms with E-state index in [1.54, 1.807) is 0 Å². The van der Waals surface area contributed by atoms with Crippen LogP contribution in [-0.4, -0.2) is 62.8 Å². The fraction of sp³-hybridized carbons (Fsp3) is 0.944. The summed E-state index contributed by atoms with van der Waals surface area (Å²) < 4.78 is 5.38. The van der Waals surface area contributed by atoms with Gasteiger partial charge in [-0.25, -0.2) is 0 Å². The fourth-order valence-corrected chi connectivity index (χ4v) is 2.81. The van der Waals surface area contributed by atoms with Crippen LogP contribution in [0.3, 0.4) is 0 Å². The van der Waals surface area contributed by atoms with Crippen LogP contribution < -0.4 is 10.6 Å². The van der Waals surface area contributed by atoms with E-state index in [2.05, 4.69) is 36.3 Å². The number of aliphatic imine (C=N–C) groups is 1. The van der Waals surface area contributed by atoms with Crippen LogP contribution in [0.5, 0.6) is 0 Å². The molecule has 5 nitrogen and oxygen atoms in total. The van der Waals surface area contributed by atoms with Crippen LogP contribution in [0, 0.1) is 0 Å². The van der Waals surface area contributed by atoms with Gasteiger partial charge in [0.05, 0.1) is 13.2 Å². The number of rotatable bonds is 11. The minimum atomic E-state index is 0. The molecule has 1 rings (SSSR count). The van der Waals surface area contributed by atoms with E-state index in [0.29, 0.717) is 6.04 Å². The topological polar surface area (TPSA) is 48.9 Å². The number of nitrogens with one attached hydrogen (secondary N) is 2. The molecule has 1 atom stereocenters. The number of ether oxygens (including phenoxy) is 1. The highest BCUT2D eigenvalue weighted by Crippen LogP contribution is 2.05. The molecule has 1 aliphatic rings. The molecule has 1 fully saturated rings. The molecule has 24 heavy (non-hydrogen) atoms. The molecule has 0 spiro atoms. The van der Waals surface area contributed by atoms with Gasteiger partial charge in [0.25, 0.3) is 0 Å². The molecule has 0 aliphatic carbocycles. The molecule has 1 heterocycles. The normalized spacial score (nSPS) is 17.2. The van der Waals surface area contributed by atoms with Crippen molar-refractivity contribution >= 4 is 29.9 Å². The molecule has 144 valence electrons. The highest BCUT2D eigenvalue weighted by molar-refractivity contribution is 14.0. The van der Waals surface area contributed by atoms with E-state index >= 15 is 0 Å². The van der Waals surface area contributed by atoms with Gasteiger partial charge >= 0.3 is 0 Å². The zero-order valence-corrected chi connectivity index (χ0v) is 18.3. The minimum Gasteiger partial charge on any atom is -0.379 e. The van der Waals surface area contributed by atoms with Crippen LogP contribution in [-0.2, 0) is 4.74 Å². The van der Waals surface area contributed by atoms with E-state index in [-0.39, 0.29) is 24.0 Å². The Balaban J connectivity index is 0.00000529. The lowest BCUT2D eigenvalue weighted by Gasteiger charge is -2.26. The number of hydrogen-bond acceptors (Lipinski definition) is 3. The lowest BCUT2D eigenvalue weighted by atomic mass is 10.1. The van der Waals surface area contributed by atoms with Crippen molar-refractivity contribution in [3.05, 3.63) is 0 Å². The van der Waals surface area contributed by atoms with Crippen molar-refractivity contribution in [1.29, 1.82) is 0 Å². The van der Waals surface area contributed by atoms with Crippen molar-refractivity contribution in [3.8, 4) is 0 Å². The maximum absolute atomic E-state index is 5.38. The molecule has 0 aromatic carbocycles. The number of morpholine rings is 1. The van der Waals surface area contributed by atoms with E-state index in [0.717, 1.165) is 58.3 Å². The predicted octanol–water partition coefficient (Wildman–Crippen LogP) is 3.24. The van der Waals surface area contributed by atoms with Gasteiger partial charge in [-0.2, -0.15) is 0 Å². The van der Waals surface area contributed by atoms with E-state index in [1.165, 1.54) is 32.1 Å². The Kier molecular flexibility index (Phi) is 16.3. The van der Waals surface area contributed by atoms with Gasteiger partial charge in [-0.15, -0.1) is 24.0 Å². The molecule has 0 radical (unpaired) electrons. The molecule has 1 saturated heterocycles. The second-order valence-electron chi connectivity index (χ2n) is 6.46. The first kappa shape index (κ1) is 23.9. The van der Waals surface area contributed by atoms with Gasteiger partial charge in [0.15, 0.2) is 5.96 Å². The molecule has 0 aromatic rings.